The Morgan fingerprint density at radius 2 is 2.33 bits per heavy atom. The molecule has 2 N–H and O–H groups in total. The molecule has 0 saturated carbocycles. The molecule has 0 bridgehead atoms. The van der Waals surface area contributed by atoms with Crippen LogP contribution in [0.3, 0.4) is 0 Å². The lowest BCUT2D eigenvalue weighted by Crippen LogP contribution is -2.34. The monoisotopic (exact) mass is 232 g/mol. The van der Waals surface area contributed by atoms with Crippen LogP contribution >= 0.6 is 11.8 Å². The van der Waals surface area contributed by atoms with E-state index in [-0.39, 0.29) is 6.09 Å². The number of thioether (sulfide) groups is 1. The zero-order chi connectivity index (χ0) is 11.3. The number of hydrogen-bond donors (Lipinski definition) is 2. The van der Waals surface area contributed by atoms with Crippen molar-refractivity contribution in [2.24, 2.45) is 0 Å². The predicted octanol–water partition coefficient (Wildman–Crippen LogP) is 1.56. The zero-order valence-electron chi connectivity index (χ0n) is 9.63. The van der Waals surface area contributed by atoms with Gasteiger partial charge in [-0.1, -0.05) is 0 Å². The van der Waals surface area contributed by atoms with Crippen molar-refractivity contribution in [2.45, 2.75) is 38.0 Å². The Balaban J connectivity index is 2.06. The second-order valence-corrected chi connectivity index (χ2v) is 5.89. The van der Waals surface area contributed by atoms with Crippen LogP contribution < -0.4 is 10.6 Å². The van der Waals surface area contributed by atoms with Gasteiger partial charge in [0.05, 0.1) is 0 Å². The van der Waals surface area contributed by atoms with E-state index in [1.54, 1.807) is 0 Å². The van der Waals surface area contributed by atoms with E-state index in [1.807, 2.05) is 32.5 Å². The molecule has 1 aliphatic heterocycles. The van der Waals surface area contributed by atoms with Crippen molar-refractivity contribution in [3.63, 3.8) is 0 Å². The molecule has 0 radical (unpaired) electrons. The van der Waals surface area contributed by atoms with Gasteiger partial charge in [0.15, 0.2) is 0 Å². The Morgan fingerprint density at radius 3 is 2.87 bits per heavy atom. The maximum Gasteiger partial charge on any atom is 0.407 e. The summed E-state index contributed by atoms with van der Waals surface area (Å²) in [6, 6.07) is 0. The zero-order valence-corrected chi connectivity index (χ0v) is 10.4. The van der Waals surface area contributed by atoms with E-state index in [0.29, 0.717) is 11.8 Å². The molecule has 1 fully saturated rings. The van der Waals surface area contributed by atoms with Gasteiger partial charge in [-0.25, -0.2) is 4.79 Å². The summed E-state index contributed by atoms with van der Waals surface area (Å²) in [5.41, 5.74) is -0.409. The van der Waals surface area contributed by atoms with Gasteiger partial charge in [-0.3, -0.25) is 0 Å². The Labute approximate surface area is 95.5 Å². The Hall–Kier alpha value is -0.420. The van der Waals surface area contributed by atoms with Crippen molar-refractivity contribution >= 4 is 17.9 Å². The highest BCUT2D eigenvalue weighted by Gasteiger charge is 2.17. The van der Waals surface area contributed by atoms with Crippen LogP contribution in [0.25, 0.3) is 0 Å². The third kappa shape index (κ3) is 5.89. The number of nitrogens with one attached hydrogen (secondary N) is 2. The van der Waals surface area contributed by atoms with Gasteiger partial charge in [0.25, 0.3) is 0 Å². The SMILES string of the molecule is CC(C)(C)OC(=O)NCCC1CNCS1. The minimum atomic E-state index is -0.409. The van der Waals surface area contributed by atoms with Crippen LogP contribution in [0.1, 0.15) is 27.2 Å². The molecule has 1 unspecified atom stereocenters. The molecule has 1 rings (SSSR count). The van der Waals surface area contributed by atoms with E-state index < -0.39 is 5.60 Å². The average Bonchev–Trinajstić information content (AvgIpc) is 2.53. The quantitative estimate of drug-likeness (QED) is 0.775. The Bertz CT molecular complexity index is 210. The highest BCUT2D eigenvalue weighted by Crippen LogP contribution is 2.17. The second-order valence-electron chi connectivity index (χ2n) is 4.60. The lowest BCUT2D eigenvalue weighted by atomic mass is 10.2. The van der Waals surface area contributed by atoms with Gasteiger partial charge in [0, 0.05) is 24.2 Å². The molecule has 1 saturated heterocycles. The maximum atomic E-state index is 11.3. The summed E-state index contributed by atoms with van der Waals surface area (Å²) >= 11 is 1.90. The first-order valence-corrected chi connectivity index (χ1v) is 6.31. The molecule has 1 amide bonds. The first-order chi connectivity index (χ1) is 6.97. The maximum absolute atomic E-state index is 11.3. The van der Waals surface area contributed by atoms with Crippen molar-refractivity contribution in [1.82, 2.24) is 10.6 Å². The second kappa shape index (κ2) is 5.61. The number of hydrogen-bond acceptors (Lipinski definition) is 4. The van der Waals surface area contributed by atoms with Crippen molar-refractivity contribution < 1.29 is 9.53 Å². The van der Waals surface area contributed by atoms with E-state index in [9.17, 15) is 4.79 Å². The summed E-state index contributed by atoms with van der Waals surface area (Å²) in [5.74, 6) is 1.02. The van der Waals surface area contributed by atoms with Gasteiger partial charge in [-0.05, 0) is 27.2 Å². The molecule has 1 heterocycles. The van der Waals surface area contributed by atoms with Gasteiger partial charge in [0.2, 0.25) is 0 Å². The molecule has 88 valence electrons. The van der Waals surface area contributed by atoms with Crippen LogP contribution in [-0.4, -0.2) is 35.9 Å². The lowest BCUT2D eigenvalue weighted by Gasteiger charge is -2.19. The topological polar surface area (TPSA) is 50.4 Å². The fourth-order valence-corrected chi connectivity index (χ4v) is 2.28. The van der Waals surface area contributed by atoms with Gasteiger partial charge in [0.1, 0.15) is 5.60 Å². The van der Waals surface area contributed by atoms with Gasteiger partial charge >= 0.3 is 6.09 Å². The van der Waals surface area contributed by atoms with E-state index in [0.717, 1.165) is 18.8 Å². The van der Waals surface area contributed by atoms with Gasteiger partial charge in [-0.15, -0.1) is 11.8 Å². The van der Waals surface area contributed by atoms with Gasteiger partial charge in [-0.2, -0.15) is 0 Å². The summed E-state index contributed by atoms with van der Waals surface area (Å²) in [5, 5.41) is 6.66. The summed E-state index contributed by atoms with van der Waals surface area (Å²) in [6.07, 6.45) is 0.676. The minimum absolute atomic E-state index is 0.321. The Morgan fingerprint density at radius 1 is 1.60 bits per heavy atom. The summed E-state index contributed by atoms with van der Waals surface area (Å²) in [6.45, 7) is 7.32. The fraction of sp³-hybridized carbons (Fsp3) is 0.900. The number of ether oxygens (including phenoxy) is 1. The van der Waals surface area contributed by atoms with Crippen molar-refractivity contribution in [3.8, 4) is 0 Å². The molecule has 1 atom stereocenters. The van der Waals surface area contributed by atoms with Crippen molar-refractivity contribution in [1.29, 1.82) is 0 Å². The van der Waals surface area contributed by atoms with Crippen LogP contribution in [0.2, 0.25) is 0 Å². The summed E-state index contributed by atoms with van der Waals surface area (Å²) < 4.78 is 5.13. The largest absolute Gasteiger partial charge is 0.444 e. The summed E-state index contributed by atoms with van der Waals surface area (Å²) in [4.78, 5) is 11.3. The number of amides is 1. The molecule has 0 spiro atoms. The average molecular weight is 232 g/mol. The van der Waals surface area contributed by atoms with Crippen LogP contribution in [0.4, 0.5) is 4.79 Å². The van der Waals surface area contributed by atoms with Crippen LogP contribution in [0, 0.1) is 0 Å². The number of rotatable bonds is 3. The molecule has 0 aromatic heterocycles. The molecule has 0 aromatic rings. The molecular weight excluding hydrogens is 212 g/mol. The molecule has 0 aromatic carbocycles. The van der Waals surface area contributed by atoms with E-state index in [1.165, 1.54) is 0 Å². The normalized spacial score (nSPS) is 21.4. The van der Waals surface area contributed by atoms with Crippen molar-refractivity contribution in [2.75, 3.05) is 19.0 Å². The molecule has 1 aliphatic rings. The predicted molar refractivity (Wildman–Crippen MR) is 63.1 cm³/mol. The van der Waals surface area contributed by atoms with Crippen LogP contribution in [0.5, 0.6) is 0 Å². The number of alkyl carbamates (subject to hydrolysis) is 1. The highest BCUT2D eigenvalue weighted by atomic mass is 32.2. The summed E-state index contributed by atoms with van der Waals surface area (Å²) in [7, 11) is 0. The van der Waals surface area contributed by atoms with E-state index in [2.05, 4.69) is 10.6 Å². The number of carbonyl (C=O) groups is 1. The fourth-order valence-electron chi connectivity index (χ4n) is 1.29. The third-order valence-corrected chi connectivity index (χ3v) is 3.17. The van der Waals surface area contributed by atoms with Crippen molar-refractivity contribution in [3.05, 3.63) is 0 Å². The Kier molecular flexibility index (Phi) is 4.73. The molecule has 5 heteroatoms. The first kappa shape index (κ1) is 12.6. The minimum Gasteiger partial charge on any atom is -0.444 e. The molecule has 0 aliphatic carbocycles. The van der Waals surface area contributed by atoms with E-state index >= 15 is 0 Å². The number of carbonyl (C=O) groups excluding carboxylic acids is 1. The van der Waals surface area contributed by atoms with Crippen LogP contribution in [-0.2, 0) is 4.74 Å². The third-order valence-electron chi connectivity index (χ3n) is 1.93. The molecule has 15 heavy (non-hydrogen) atoms. The standard InChI is InChI=1S/C10H20N2O2S/c1-10(2,3)14-9(13)12-5-4-8-6-11-7-15-8/h8,11H,4-7H2,1-3H3,(H,12,13). The lowest BCUT2D eigenvalue weighted by molar-refractivity contribution is 0.0527. The molecular formula is C10H20N2O2S. The van der Waals surface area contributed by atoms with Gasteiger partial charge < -0.3 is 15.4 Å². The van der Waals surface area contributed by atoms with Crippen LogP contribution in [0.15, 0.2) is 0 Å². The molecule has 4 nitrogen and oxygen atoms in total. The smallest absolute Gasteiger partial charge is 0.407 e. The first-order valence-electron chi connectivity index (χ1n) is 5.26. The highest BCUT2D eigenvalue weighted by molar-refractivity contribution is 8.00. The van der Waals surface area contributed by atoms with E-state index in [4.69, 9.17) is 4.74 Å².